The van der Waals surface area contributed by atoms with E-state index in [0.717, 1.165) is 53.8 Å². The molecule has 2 heterocycles. The van der Waals surface area contributed by atoms with Crippen LogP contribution in [0.15, 0.2) is 109 Å². The fraction of sp³-hybridized carbons (Fsp3) is 0.222. The Labute approximate surface area is 255 Å². The average Bonchev–Trinajstić information content (AvgIpc) is 3.00. The molecule has 0 spiro atoms. The summed E-state index contributed by atoms with van der Waals surface area (Å²) < 4.78 is 39.0. The molecule has 4 heteroatoms. The van der Waals surface area contributed by atoms with Crippen LogP contribution in [0.2, 0.25) is 0 Å². The Morgan fingerprint density at radius 3 is 2.20 bits per heavy atom. The van der Waals surface area contributed by atoms with Gasteiger partial charge in [0.2, 0.25) is 0 Å². The Hall–Kier alpha value is -3.46. The van der Waals surface area contributed by atoms with E-state index in [9.17, 15) is 4.39 Å². The third-order valence-electron chi connectivity index (χ3n) is 7.10. The number of hydrogen-bond acceptors (Lipinski definition) is 2. The number of aromatic nitrogens is 2. The minimum Gasteiger partial charge on any atom is -0.305 e. The maximum atomic E-state index is 12.8. The first-order chi connectivity index (χ1) is 20.1. The van der Waals surface area contributed by atoms with Crippen molar-refractivity contribution in [1.29, 1.82) is 0 Å². The van der Waals surface area contributed by atoms with Crippen LogP contribution in [0.5, 0.6) is 0 Å². The van der Waals surface area contributed by atoms with Gasteiger partial charge in [-0.1, -0.05) is 56.3 Å². The van der Waals surface area contributed by atoms with Crippen LogP contribution in [-0.2, 0) is 20.1 Å². The second kappa shape index (κ2) is 13.7. The molecule has 1 saturated carbocycles. The molecular formula is C36H33FIrN2-2. The fourth-order valence-electron chi connectivity index (χ4n) is 4.67. The molecule has 5 aromatic rings. The van der Waals surface area contributed by atoms with Crippen LogP contribution < -0.4 is 0 Å². The van der Waals surface area contributed by atoms with Crippen molar-refractivity contribution in [1.82, 2.24) is 9.97 Å². The van der Waals surface area contributed by atoms with Gasteiger partial charge in [0.15, 0.2) is 0 Å². The molecule has 0 bridgehead atoms. The van der Waals surface area contributed by atoms with E-state index in [-0.39, 0.29) is 31.3 Å². The van der Waals surface area contributed by atoms with E-state index >= 15 is 0 Å². The van der Waals surface area contributed by atoms with Gasteiger partial charge in [-0.25, -0.2) is 4.39 Å². The van der Waals surface area contributed by atoms with E-state index in [1.165, 1.54) is 12.1 Å². The Bertz CT molecular complexity index is 1630. The third kappa shape index (κ3) is 7.81. The predicted molar refractivity (Wildman–Crippen MR) is 157 cm³/mol. The molecule has 3 aromatic carbocycles. The monoisotopic (exact) mass is 708 g/mol. The zero-order valence-electron chi connectivity index (χ0n) is 25.7. The Morgan fingerprint density at radius 2 is 1.52 bits per heavy atom. The number of benzene rings is 3. The SMILES string of the molecule is Fc1cc[c-]c(-c2ccccn2)c1.[2H]c1cc(C2([2H])CCC(C)(C)CC2)cc([2H])c1-c1ccnc(-c2[c-]cccc2)c1.[Ir]. The van der Waals surface area contributed by atoms with Crippen LogP contribution >= 0.6 is 0 Å². The standard InChI is InChI=1S/C25H26N.C11H7FN.Ir/c1-25(2)15-12-21(13-16-25)19-8-10-20(11-9-19)23-14-17-26-24(18-23)22-6-4-3-5-7-22;12-10-5-3-4-9(8-10)11-6-1-2-7-13-11;/h3-6,8-11,14,17-18,21H,12-13,15-16H2,1-2H3;1-3,5-8H;/q2*-1;/i10D,11D,21D;;. The molecule has 0 N–H and O–H groups in total. The molecule has 0 aliphatic heterocycles. The molecule has 0 unspecified atom stereocenters. The first-order valence-electron chi connectivity index (χ1n) is 14.8. The molecular weight excluding hydrogens is 672 g/mol. The zero-order valence-corrected chi connectivity index (χ0v) is 25.1. The maximum absolute atomic E-state index is 12.8. The topological polar surface area (TPSA) is 25.8 Å². The number of pyridine rings is 2. The molecule has 2 nitrogen and oxygen atoms in total. The number of halogens is 1. The van der Waals surface area contributed by atoms with Crippen LogP contribution in [0.1, 0.15) is 55.1 Å². The van der Waals surface area contributed by atoms with Gasteiger partial charge in [0.25, 0.3) is 0 Å². The van der Waals surface area contributed by atoms with Gasteiger partial charge in [-0.2, -0.15) is 0 Å². The van der Waals surface area contributed by atoms with Gasteiger partial charge in [0.1, 0.15) is 0 Å². The maximum Gasteiger partial charge on any atom is 0.0629 e. The van der Waals surface area contributed by atoms with E-state index in [1.54, 1.807) is 30.6 Å². The second-order valence-corrected chi connectivity index (χ2v) is 10.5. The summed E-state index contributed by atoms with van der Waals surface area (Å²) in [6, 6.07) is 31.6. The van der Waals surface area contributed by atoms with Gasteiger partial charge >= 0.3 is 0 Å². The molecule has 40 heavy (non-hydrogen) atoms. The number of rotatable bonds is 4. The molecule has 0 saturated heterocycles. The summed E-state index contributed by atoms with van der Waals surface area (Å²) in [5.41, 5.74) is 5.56. The van der Waals surface area contributed by atoms with Crippen LogP contribution in [0.4, 0.5) is 4.39 Å². The Kier molecular flexibility index (Phi) is 8.76. The van der Waals surface area contributed by atoms with Crippen molar-refractivity contribution in [3.05, 3.63) is 133 Å². The van der Waals surface area contributed by atoms with Gasteiger partial charge in [0.05, 0.1) is 2.74 Å². The summed E-state index contributed by atoms with van der Waals surface area (Å²) in [5.74, 6) is -0.957. The number of hydrogen-bond donors (Lipinski definition) is 0. The minimum atomic E-state index is -0.692. The van der Waals surface area contributed by atoms with Crippen molar-refractivity contribution in [3.8, 4) is 33.6 Å². The van der Waals surface area contributed by atoms with E-state index in [1.807, 2.05) is 54.6 Å². The van der Waals surface area contributed by atoms with Crippen molar-refractivity contribution in [2.45, 2.75) is 45.4 Å². The quantitative estimate of drug-likeness (QED) is 0.174. The second-order valence-electron chi connectivity index (χ2n) is 10.5. The van der Waals surface area contributed by atoms with Crippen LogP contribution in [-0.4, -0.2) is 9.97 Å². The smallest absolute Gasteiger partial charge is 0.0629 e. The first-order valence-corrected chi connectivity index (χ1v) is 13.3. The van der Waals surface area contributed by atoms with E-state index in [4.69, 9.17) is 4.11 Å². The van der Waals surface area contributed by atoms with Gasteiger partial charge in [-0.05, 0) is 77.2 Å². The van der Waals surface area contributed by atoms with Crippen LogP contribution in [0.3, 0.4) is 0 Å². The van der Waals surface area contributed by atoms with Crippen LogP contribution in [0.25, 0.3) is 33.6 Å². The summed E-state index contributed by atoms with van der Waals surface area (Å²) in [7, 11) is 0. The average molecular weight is 708 g/mol. The molecule has 205 valence electrons. The molecule has 0 amide bonds. The largest absolute Gasteiger partial charge is 0.305 e. The van der Waals surface area contributed by atoms with Crippen molar-refractivity contribution in [2.24, 2.45) is 5.41 Å². The van der Waals surface area contributed by atoms with Gasteiger partial charge < -0.3 is 9.97 Å². The van der Waals surface area contributed by atoms with Gasteiger partial charge in [-0.15, -0.1) is 65.7 Å². The molecule has 2 aromatic heterocycles. The van der Waals surface area contributed by atoms with Gasteiger partial charge in [0, 0.05) is 39.7 Å². The first kappa shape index (κ1) is 25.5. The van der Waals surface area contributed by atoms with E-state index in [2.05, 4.69) is 35.9 Å². The molecule has 1 aliphatic rings. The summed E-state index contributed by atoms with van der Waals surface area (Å²) in [6.07, 6.45) is 6.95. The predicted octanol–water partition coefficient (Wildman–Crippen LogP) is 9.58. The fourth-order valence-corrected chi connectivity index (χ4v) is 4.67. The summed E-state index contributed by atoms with van der Waals surface area (Å²) in [5, 5.41) is 0. The molecule has 1 aliphatic carbocycles. The van der Waals surface area contributed by atoms with Crippen molar-refractivity contribution in [3.63, 3.8) is 0 Å². The number of nitrogens with zero attached hydrogens (tertiary/aromatic N) is 2. The Balaban J connectivity index is 0.000000253. The van der Waals surface area contributed by atoms with E-state index < -0.39 is 5.89 Å². The zero-order chi connectivity index (χ0) is 29.7. The van der Waals surface area contributed by atoms with Gasteiger partial charge in [-0.3, -0.25) is 0 Å². The third-order valence-corrected chi connectivity index (χ3v) is 7.10. The molecule has 1 fully saturated rings. The Morgan fingerprint density at radius 1 is 0.800 bits per heavy atom. The molecule has 6 rings (SSSR count). The van der Waals surface area contributed by atoms with Crippen molar-refractivity contribution >= 4 is 0 Å². The summed E-state index contributed by atoms with van der Waals surface area (Å²) in [6.45, 7) is 4.51. The summed E-state index contributed by atoms with van der Waals surface area (Å²) >= 11 is 0. The van der Waals surface area contributed by atoms with Crippen molar-refractivity contribution < 1.29 is 28.6 Å². The molecule has 1 radical (unpaired) electrons. The van der Waals surface area contributed by atoms with E-state index in [0.29, 0.717) is 23.2 Å². The summed E-state index contributed by atoms with van der Waals surface area (Å²) in [4.78, 5) is 8.52. The van der Waals surface area contributed by atoms with Crippen LogP contribution in [0, 0.1) is 23.4 Å². The minimum absolute atomic E-state index is 0. The normalized spacial score (nSPS) is 16.2. The van der Waals surface area contributed by atoms with Crippen molar-refractivity contribution in [2.75, 3.05) is 0 Å². The molecule has 0 atom stereocenters.